The molecule has 0 radical (unpaired) electrons. The van der Waals surface area contributed by atoms with Gasteiger partial charge in [-0.05, 0) is 25.2 Å². The summed E-state index contributed by atoms with van der Waals surface area (Å²) in [7, 11) is 0. The van der Waals surface area contributed by atoms with Gasteiger partial charge in [-0.15, -0.1) is 0 Å². The molecule has 1 rings (SSSR count). The largest absolute Gasteiger partial charge is 0.355 e. The third-order valence-electron chi connectivity index (χ3n) is 4.08. The summed E-state index contributed by atoms with van der Waals surface area (Å²) in [6.45, 7) is 8.90. The van der Waals surface area contributed by atoms with E-state index in [2.05, 4.69) is 19.2 Å². The average molecular weight is 268 g/mol. The van der Waals surface area contributed by atoms with E-state index in [1.54, 1.807) is 0 Å². The summed E-state index contributed by atoms with van der Waals surface area (Å²) < 4.78 is 0. The number of Topliss-reactive ketones (excluding diaryl/α,β-unsaturated/α-hetero) is 1. The number of nitrogens with one attached hydrogen (secondary N) is 1. The molecule has 1 aliphatic heterocycles. The Kier molecular flexibility index (Phi) is 5.53. The molecule has 0 aromatic heterocycles. The Labute approximate surface area is 116 Å². The van der Waals surface area contributed by atoms with Crippen LogP contribution in [0.1, 0.15) is 53.4 Å². The lowest BCUT2D eigenvalue weighted by atomic mass is 9.73. The van der Waals surface area contributed by atoms with Crippen LogP contribution in [0.25, 0.3) is 0 Å². The molecule has 1 aliphatic rings. The van der Waals surface area contributed by atoms with Gasteiger partial charge in [0.05, 0.1) is 6.04 Å². The summed E-state index contributed by atoms with van der Waals surface area (Å²) in [5, 5.41) is 2.76. The van der Waals surface area contributed by atoms with Gasteiger partial charge >= 0.3 is 0 Å². The van der Waals surface area contributed by atoms with Gasteiger partial charge in [-0.3, -0.25) is 9.59 Å². The van der Waals surface area contributed by atoms with Crippen LogP contribution in [0.3, 0.4) is 0 Å². The summed E-state index contributed by atoms with van der Waals surface area (Å²) in [5.41, 5.74) is 5.55. The molecule has 4 heteroatoms. The van der Waals surface area contributed by atoms with E-state index in [9.17, 15) is 9.59 Å². The lowest BCUT2D eigenvalue weighted by Gasteiger charge is -2.30. The van der Waals surface area contributed by atoms with Crippen molar-refractivity contribution in [3.8, 4) is 0 Å². The topological polar surface area (TPSA) is 72.2 Å². The Morgan fingerprint density at radius 3 is 2.68 bits per heavy atom. The number of hydrogen-bond donors (Lipinski definition) is 2. The van der Waals surface area contributed by atoms with Crippen molar-refractivity contribution in [3.05, 3.63) is 0 Å². The van der Waals surface area contributed by atoms with Crippen molar-refractivity contribution in [2.45, 2.75) is 59.4 Å². The first-order valence-corrected chi connectivity index (χ1v) is 7.33. The molecule has 0 bridgehead atoms. The molecule has 19 heavy (non-hydrogen) atoms. The lowest BCUT2D eigenvalue weighted by Crippen LogP contribution is -2.48. The summed E-state index contributed by atoms with van der Waals surface area (Å²) >= 11 is 0. The minimum absolute atomic E-state index is 0.151. The van der Waals surface area contributed by atoms with Crippen LogP contribution < -0.4 is 11.1 Å². The highest BCUT2D eigenvalue weighted by Gasteiger charge is 2.39. The predicted octanol–water partition coefficient (Wildman–Crippen LogP) is 1.87. The zero-order chi connectivity index (χ0) is 14.6. The van der Waals surface area contributed by atoms with E-state index >= 15 is 0 Å². The molecule has 2 atom stereocenters. The molecule has 1 heterocycles. The SMILES string of the molecule is CC(C)CCC(C)(C)C(=O)C1CCCNC(=O)[C@H]1N. The third-order valence-corrected chi connectivity index (χ3v) is 4.08. The number of amides is 1. The molecular weight excluding hydrogens is 240 g/mol. The van der Waals surface area contributed by atoms with Gasteiger partial charge in [0.1, 0.15) is 5.78 Å². The molecule has 0 aromatic rings. The second kappa shape index (κ2) is 6.51. The van der Waals surface area contributed by atoms with Crippen LogP contribution in [0.2, 0.25) is 0 Å². The normalized spacial score (nSPS) is 25.1. The molecule has 4 nitrogen and oxygen atoms in total. The first-order valence-electron chi connectivity index (χ1n) is 7.33. The number of hydrogen-bond acceptors (Lipinski definition) is 3. The smallest absolute Gasteiger partial charge is 0.237 e. The maximum absolute atomic E-state index is 12.7. The molecule has 1 fully saturated rings. The maximum Gasteiger partial charge on any atom is 0.237 e. The van der Waals surface area contributed by atoms with Gasteiger partial charge in [-0.2, -0.15) is 0 Å². The first kappa shape index (κ1) is 16.2. The van der Waals surface area contributed by atoms with Gasteiger partial charge in [0.25, 0.3) is 0 Å². The number of rotatable bonds is 5. The second-order valence-electron chi connectivity index (χ2n) is 6.75. The third kappa shape index (κ3) is 4.30. The fourth-order valence-corrected chi connectivity index (χ4v) is 2.58. The number of carbonyl (C=O) groups excluding carboxylic acids is 2. The average Bonchev–Trinajstić information content (AvgIpc) is 2.49. The summed E-state index contributed by atoms with van der Waals surface area (Å²) in [6.07, 6.45) is 3.42. The van der Waals surface area contributed by atoms with Crippen LogP contribution in [0.15, 0.2) is 0 Å². The molecule has 110 valence electrons. The predicted molar refractivity (Wildman–Crippen MR) is 76.6 cm³/mol. The van der Waals surface area contributed by atoms with E-state index in [0.29, 0.717) is 18.9 Å². The minimum Gasteiger partial charge on any atom is -0.355 e. The van der Waals surface area contributed by atoms with E-state index < -0.39 is 11.5 Å². The van der Waals surface area contributed by atoms with Crippen LogP contribution in [0.5, 0.6) is 0 Å². The lowest BCUT2D eigenvalue weighted by molar-refractivity contribution is -0.136. The highest BCUT2D eigenvalue weighted by molar-refractivity contribution is 5.93. The maximum atomic E-state index is 12.7. The van der Waals surface area contributed by atoms with Crippen LogP contribution in [0.4, 0.5) is 0 Å². The molecule has 0 aromatic carbocycles. The van der Waals surface area contributed by atoms with E-state index in [-0.39, 0.29) is 17.6 Å². The second-order valence-corrected chi connectivity index (χ2v) is 6.75. The van der Waals surface area contributed by atoms with Gasteiger partial charge in [-0.25, -0.2) is 0 Å². The quantitative estimate of drug-likeness (QED) is 0.799. The van der Waals surface area contributed by atoms with E-state index in [1.807, 2.05) is 13.8 Å². The van der Waals surface area contributed by atoms with Crippen molar-refractivity contribution in [2.75, 3.05) is 6.54 Å². The fraction of sp³-hybridized carbons (Fsp3) is 0.867. The number of carbonyl (C=O) groups is 2. The van der Waals surface area contributed by atoms with Gasteiger partial charge in [-0.1, -0.05) is 34.1 Å². The standard InChI is InChI=1S/C15H28N2O2/c1-10(2)7-8-15(3,4)13(18)11-6-5-9-17-14(19)12(11)16/h10-12H,5-9,16H2,1-4H3,(H,17,19)/t11?,12-/m0/s1. The molecule has 0 aliphatic carbocycles. The zero-order valence-corrected chi connectivity index (χ0v) is 12.7. The minimum atomic E-state index is -0.687. The fourth-order valence-electron chi connectivity index (χ4n) is 2.58. The van der Waals surface area contributed by atoms with Crippen molar-refractivity contribution in [1.82, 2.24) is 5.32 Å². The van der Waals surface area contributed by atoms with Crippen molar-refractivity contribution in [2.24, 2.45) is 23.0 Å². The molecule has 0 spiro atoms. The Morgan fingerprint density at radius 1 is 1.47 bits per heavy atom. The van der Waals surface area contributed by atoms with Crippen molar-refractivity contribution < 1.29 is 9.59 Å². The molecule has 1 unspecified atom stereocenters. The van der Waals surface area contributed by atoms with Gasteiger partial charge in [0.15, 0.2) is 0 Å². The Bertz CT molecular complexity index is 337. The highest BCUT2D eigenvalue weighted by atomic mass is 16.2. The highest BCUT2D eigenvalue weighted by Crippen LogP contribution is 2.32. The Balaban J connectivity index is 2.75. The molecule has 1 saturated heterocycles. The van der Waals surface area contributed by atoms with Gasteiger partial charge in [0, 0.05) is 17.9 Å². The Hall–Kier alpha value is -0.900. The number of ketones is 1. The van der Waals surface area contributed by atoms with E-state index in [4.69, 9.17) is 5.73 Å². The number of nitrogens with two attached hydrogens (primary N) is 1. The molecule has 0 saturated carbocycles. The molecular formula is C15H28N2O2. The van der Waals surface area contributed by atoms with E-state index in [1.165, 1.54) is 0 Å². The monoisotopic (exact) mass is 268 g/mol. The van der Waals surface area contributed by atoms with Gasteiger partial charge in [0.2, 0.25) is 5.91 Å². The Morgan fingerprint density at radius 2 is 2.11 bits per heavy atom. The van der Waals surface area contributed by atoms with Crippen molar-refractivity contribution in [1.29, 1.82) is 0 Å². The van der Waals surface area contributed by atoms with Crippen LogP contribution in [0, 0.1) is 17.3 Å². The van der Waals surface area contributed by atoms with Crippen molar-refractivity contribution in [3.63, 3.8) is 0 Å². The van der Waals surface area contributed by atoms with Crippen molar-refractivity contribution >= 4 is 11.7 Å². The summed E-state index contributed by atoms with van der Waals surface area (Å²) in [4.78, 5) is 24.4. The van der Waals surface area contributed by atoms with Crippen LogP contribution >= 0.6 is 0 Å². The molecule has 3 N–H and O–H groups in total. The first-order chi connectivity index (χ1) is 8.75. The van der Waals surface area contributed by atoms with Gasteiger partial charge < -0.3 is 11.1 Å². The summed E-state index contributed by atoms with van der Waals surface area (Å²) in [6, 6.07) is -0.687. The van der Waals surface area contributed by atoms with E-state index in [0.717, 1.165) is 19.3 Å². The zero-order valence-electron chi connectivity index (χ0n) is 12.7. The van der Waals surface area contributed by atoms with Crippen LogP contribution in [-0.4, -0.2) is 24.3 Å². The molecule has 1 amide bonds. The summed E-state index contributed by atoms with van der Waals surface area (Å²) in [5.74, 6) is 0.219. The van der Waals surface area contributed by atoms with Crippen LogP contribution in [-0.2, 0) is 9.59 Å².